The molecule has 1 N–H and O–H groups in total. The molecular weight excluding hydrogens is 338 g/mol. The van der Waals surface area contributed by atoms with Crippen molar-refractivity contribution in [1.29, 1.82) is 0 Å². The summed E-state index contributed by atoms with van der Waals surface area (Å²) in [5.74, 6) is 2.93. The predicted octanol–water partition coefficient (Wildman–Crippen LogP) is 5.17. The summed E-state index contributed by atoms with van der Waals surface area (Å²) >= 11 is 0. The number of hydrogen-bond donors (Lipinski definition) is 1. The average molecular weight is 365 g/mol. The third-order valence-electron chi connectivity index (χ3n) is 6.23. The number of fused-ring (bicyclic) bond motifs is 3. The third kappa shape index (κ3) is 3.44. The molecule has 0 aliphatic carbocycles. The van der Waals surface area contributed by atoms with Crippen LogP contribution in [0.15, 0.2) is 48.5 Å². The molecule has 2 fully saturated rings. The van der Waals surface area contributed by atoms with Gasteiger partial charge in [-0.05, 0) is 61.9 Å². The summed E-state index contributed by atoms with van der Waals surface area (Å²) in [5, 5.41) is 3.87. The van der Waals surface area contributed by atoms with Crippen molar-refractivity contribution in [2.45, 2.75) is 37.8 Å². The lowest BCUT2D eigenvalue weighted by Crippen LogP contribution is -2.46. The van der Waals surface area contributed by atoms with Gasteiger partial charge in [0.2, 0.25) is 0 Å². The maximum Gasteiger partial charge on any atom is 0.127 e. The molecule has 3 heterocycles. The molecule has 0 saturated carbocycles. The van der Waals surface area contributed by atoms with Crippen molar-refractivity contribution in [3.05, 3.63) is 54.1 Å². The van der Waals surface area contributed by atoms with E-state index in [9.17, 15) is 0 Å². The molecule has 3 atom stereocenters. The van der Waals surface area contributed by atoms with Gasteiger partial charge in [0.05, 0.1) is 6.10 Å². The molecule has 27 heavy (non-hydrogen) atoms. The fourth-order valence-electron chi connectivity index (χ4n) is 4.92. The zero-order valence-electron chi connectivity index (χ0n) is 15.6. The Balaban J connectivity index is 1.44. The van der Waals surface area contributed by atoms with Gasteiger partial charge in [0.15, 0.2) is 0 Å². The molecule has 4 heteroatoms. The number of nitrogens with one attached hydrogen (secondary N) is 1. The molecule has 4 nitrogen and oxygen atoms in total. The molecular formula is C23H27NO3. The summed E-state index contributed by atoms with van der Waals surface area (Å²) in [4.78, 5) is 0. The standard InChI is InChI=1S/C23H27NO3/c1-2-5-17(6-3-1)27-18-8-9-21-20(15-18)23-19(7-4-12-26-23)22(24-21)16-10-13-25-14-11-16/h1-3,5-6,8-9,15-16,19,22-24H,4,7,10-14H2/t19-,22+,23-/m0/s1. The van der Waals surface area contributed by atoms with E-state index in [1.807, 2.05) is 30.3 Å². The lowest BCUT2D eigenvalue weighted by molar-refractivity contribution is -0.0518. The molecule has 142 valence electrons. The fraction of sp³-hybridized carbons (Fsp3) is 0.478. The number of rotatable bonds is 3. The predicted molar refractivity (Wildman–Crippen MR) is 105 cm³/mol. The first-order valence-corrected chi connectivity index (χ1v) is 10.2. The molecule has 0 radical (unpaired) electrons. The Labute approximate surface area is 160 Å². The molecule has 2 saturated heterocycles. The van der Waals surface area contributed by atoms with E-state index in [-0.39, 0.29) is 6.10 Å². The summed E-state index contributed by atoms with van der Waals surface area (Å²) in [5.41, 5.74) is 2.45. The maximum atomic E-state index is 6.31. The van der Waals surface area contributed by atoms with E-state index >= 15 is 0 Å². The fourth-order valence-corrected chi connectivity index (χ4v) is 4.92. The molecule has 0 bridgehead atoms. The maximum absolute atomic E-state index is 6.31. The van der Waals surface area contributed by atoms with E-state index < -0.39 is 0 Å². The molecule has 0 spiro atoms. The van der Waals surface area contributed by atoms with E-state index in [0.717, 1.165) is 50.6 Å². The van der Waals surface area contributed by atoms with Crippen LogP contribution in [-0.2, 0) is 9.47 Å². The van der Waals surface area contributed by atoms with E-state index in [0.29, 0.717) is 17.9 Å². The van der Waals surface area contributed by atoms with Crippen LogP contribution in [0.2, 0.25) is 0 Å². The zero-order valence-corrected chi connectivity index (χ0v) is 15.6. The highest BCUT2D eigenvalue weighted by molar-refractivity contribution is 5.59. The second-order valence-electron chi connectivity index (χ2n) is 7.88. The monoisotopic (exact) mass is 365 g/mol. The van der Waals surface area contributed by atoms with Crippen LogP contribution in [0.4, 0.5) is 5.69 Å². The van der Waals surface area contributed by atoms with Gasteiger partial charge in [0, 0.05) is 43.0 Å². The third-order valence-corrected chi connectivity index (χ3v) is 6.23. The summed E-state index contributed by atoms with van der Waals surface area (Å²) in [6.45, 7) is 2.63. The number of hydrogen-bond acceptors (Lipinski definition) is 4. The van der Waals surface area contributed by atoms with Crippen LogP contribution in [0, 0.1) is 11.8 Å². The minimum absolute atomic E-state index is 0.169. The van der Waals surface area contributed by atoms with Gasteiger partial charge in [-0.2, -0.15) is 0 Å². The van der Waals surface area contributed by atoms with Crippen molar-refractivity contribution >= 4 is 5.69 Å². The SMILES string of the molecule is c1ccc(Oc2ccc3c(c2)[C@H]2OCCC[C@H]2[C@@H](C2CCOCC2)N3)cc1. The summed E-state index contributed by atoms with van der Waals surface area (Å²) in [7, 11) is 0. The van der Waals surface area contributed by atoms with Crippen molar-refractivity contribution in [2.24, 2.45) is 11.8 Å². The van der Waals surface area contributed by atoms with Gasteiger partial charge >= 0.3 is 0 Å². The molecule has 2 aromatic carbocycles. The minimum Gasteiger partial charge on any atom is -0.457 e. The van der Waals surface area contributed by atoms with Gasteiger partial charge in [0.25, 0.3) is 0 Å². The Bertz CT molecular complexity index is 772. The lowest BCUT2D eigenvalue weighted by atomic mass is 9.73. The molecule has 3 aliphatic rings. The van der Waals surface area contributed by atoms with E-state index in [1.165, 1.54) is 17.7 Å². The Morgan fingerprint density at radius 2 is 1.74 bits per heavy atom. The number of anilines is 1. The zero-order chi connectivity index (χ0) is 18.1. The highest BCUT2D eigenvalue weighted by Crippen LogP contribution is 2.48. The second-order valence-corrected chi connectivity index (χ2v) is 7.88. The molecule has 5 rings (SSSR count). The van der Waals surface area contributed by atoms with Crippen molar-refractivity contribution in [3.8, 4) is 11.5 Å². The van der Waals surface area contributed by atoms with Crippen LogP contribution in [0.5, 0.6) is 11.5 Å². The Morgan fingerprint density at radius 1 is 0.889 bits per heavy atom. The first kappa shape index (κ1) is 17.1. The van der Waals surface area contributed by atoms with Crippen molar-refractivity contribution in [2.75, 3.05) is 25.1 Å². The largest absolute Gasteiger partial charge is 0.457 e. The highest BCUT2D eigenvalue weighted by Gasteiger charge is 2.42. The summed E-state index contributed by atoms with van der Waals surface area (Å²) < 4.78 is 18.0. The average Bonchev–Trinajstić information content (AvgIpc) is 2.75. The van der Waals surface area contributed by atoms with Crippen molar-refractivity contribution < 1.29 is 14.2 Å². The Kier molecular flexibility index (Phi) is 4.76. The molecule has 0 unspecified atom stereocenters. The minimum atomic E-state index is 0.169. The van der Waals surface area contributed by atoms with Gasteiger partial charge in [-0.3, -0.25) is 0 Å². The molecule has 0 amide bonds. The van der Waals surface area contributed by atoms with Gasteiger partial charge in [-0.25, -0.2) is 0 Å². The number of ether oxygens (including phenoxy) is 3. The molecule has 2 aromatic rings. The van der Waals surface area contributed by atoms with Crippen LogP contribution < -0.4 is 10.1 Å². The van der Waals surface area contributed by atoms with Crippen LogP contribution >= 0.6 is 0 Å². The quantitative estimate of drug-likeness (QED) is 0.815. The first-order valence-electron chi connectivity index (χ1n) is 10.2. The lowest BCUT2D eigenvalue weighted by Gasteiger charge is -2.46. The Hall–Kier alpha value is -2.04. The number of para-hydroxylation sites is 1. The van der Waals surface area contributed by atoms with Crippen LogP contribution in [0.25, 0.3) is 0 Å². The number of benzene rings is 2. The van der Waals surface area contributed by atoms with Crippen molar-refractivity contribution in [3.63, 3.8) is 0 Å². The summed E-state index contributed by atoms with van der Waals surface area (Å²) in [6, 6.07) is 16.8. The Morgan fingerprint density at radius 3 is 2.59 bits per heavy atom. The first-order chi connectivity index (χ1) is 13.4. The van der Waals surface area contributed by atoms with Crippen LogP contribution in [0.1, 0.15) is 37.4 Å². The van der Waals surface area contributed by atoms with E-state index in [2.05, 4.69) is 23.5 Å². The van der Waals surface area contributed by atoms with Gasteiger partial charge in [-0.15, -0.1) is 0 Å². The van der Waals surface area contributed by atoms with Gasteiger partial charge in [-0.1, -0.05) is 18.2 Å². The van der Waals surface area contributed by atoms with Gasteiger partial charge in [0.1, 0.15) is 11.5 Å². The van der Waals surface area contributed by atoms with E-state index in [4.69, 9.17) is 14.2 Å². The topological polar surface area (TPSA) is 39.7 Å². The molecule has 3 aliphatic heterocycles. The van der Waals surface area contributed by atoms with Crippen LogP contribution in [0.3, 0.4) is 0 Å². The molecule has 0 aromatic heterocycles. The second kappa shape index (κ2) is 7.53. The van der Waals surface area contributed by atoms with Crippen LogP contribution in [-0.4, -0.2) is 25.9 Å². The normalized spacial score (nSPS) is 27.9. The van der Waals surface area contributed by atoms with E-state index in [1.54, 1.807) is 0 Å². The van der Waals surface area contributed by atoms with Gasteiger partial charge < -0.3 is 19.5 Å². The smallest absolute Gasteiger partial charge is 0.127 e. The highest BCUT2D eigenvalue weighted by atomic mass is 16.5. The summed E-state index contributed by atoms with van der Waals surface area (Å²) in [6.07, 6.45) is 4.83. The van der Waals surface area contributed by atoms with Crippen molar-refractivity contribution in [1.82, 2.24) is 0 Å².